The highest BCUT2D eigenvalue weighted by Gasteiger charge is 2.02. The van der Waals surface area contributed by atoms with E-state index in [1.54, 1.807) is 0 Å². The van der Waals surface area contributed by atoms with Gasteiger partial charge in [0.15, 0.2) is 0 Å². The van der Waals surface area contributed by atoms with Gasteiger partial charge in [-0.25, -0.2) is 0 Å². The number of hydrogen-bond acceptors (Lipinski definition) is 3. The summed E-state index contributed by atoms with van der Waals surface area (Å²) in [5, 5.41) is 0. The largest absolute Gasteiger partial charge is 0.384 e. The molecule has 0 saturated heterocycles. The van der Waals surface area contributed by atoms with Crippen molar-refractivity contribution in [2.45, 2.75) is 0 Å². The van der Waals surface area contributed by atoms with E-state index in [2.05, 4.69) is 4.74 Å². The van der Waals surface area contributed by atoms with Crippen molar-refractivity contribution < 1.29 is 13.7 Å². The molecule has 0 fully saturated rings. The molecule has 4 nitrogen and oxygen atoms in total. The summed E-state index contributed by atoms with van der Waals surface area (Å²) in [5.41, 5.74) is 4.79. The molecule has 0 aliphatic rings. The van der Waals surface area contributed by atoms with E-state index in [1.165, 1.54) is 7.11 Å². The molecule has 1 unspecified atom stereocenters. The summed E-state index contributed by atoms with van der Waals surface area (Å²) in [6, 6.07) is 0. The fraction of sp³-hybridized carbons (Fsp3) is 0.800. The van der Waals surface area contributed by atoms with Gasteiger partial charge in [-0.1, -0.05) is 0 Å². The third kappa shape index (κ3) is 5.71. The maximum Gasteiger partial charge on any atom is 0.230 e. The minimum Gasteiger partial charge on any atom is -0.384 e. The van der Waals surface area contributed by atoms with Crippen LogP contribution >= 0.6 is 0 Å². The lowest BCUT2D eigenvalue weighted by Crippen LogP contribution is -2.21. The second-order valence-electron chi connectivity index (χ2n) is 1.75. The average Bonchev–Trinajstić information content (AvgIpc) is 1.82. The van der Waals surface area contributed by atoms with Crippen LogP contribution in [-0.4, -0.2) is 35.3 Å². The Kier molecular flexibility index (Phi) is 5.15. The van der Waals surface area contributed by atoms with Crippen molar-refractivity contribution in [1.82, 2.24) is 0 Å². The first kappa shape index (κ1) is 9.58. The summed E-state index contributed by atoms with van der Waals surface area (Å²) in [6.07, 6.45) is 0. The van der Waals surface area contributed by atoms with Gasteiger partial charge in [0, 0.05) is 23.7 Å². The van der Waals surface area contributed by atoms with Crippen LogP contribution in [0.3, 0.4) is 0 Å². The van der Waals surface area contributed by atoms with Crippen molar-refractivity contribution in [3.05, 3.63) is 0 Å². The molecule has 0 aliphatic carbocycles. The number of hydrogen-bond donors (Lipinski definition) is 1. The Morgan fingerprint density at radius 2 is 2.30 bits per heavy atom. The SMILES string of the molecule is COCCS(=O)CC(N)=O. The van der Waals surface area contributed by atoms with Crippen LogP contribution in [0.1, 0.15) is 0 Å². The van der Waals surface area contributed by atoms with Crippen LogP contribution in [0.15, 0.2) is 0 Å². The molecule has 0 aliphatic heterocycles. The van der Waals surface area contributed by atoms with Gasteiger partial charge in [-0.3, -0.25) is 9.00 Å². The van der Waals surface area contributed by atoms with Gasteiger partial charge in [-0.15, -0.1) is 0 Å². The number of methoxy groups -OCH3 is 1. The van der Waals surface area contributed by atoms with Gasteiger partial charge in [-0.05, 0) is 0 Å². The van der Waals surface area contributed by atoms with E-state index in [4.69, 9.17) is 5.73 Å². The van der Waals surface area contributed by atoms with Crippen LogP contribution in [0.5, 0.6) is 0 Å². The summed E-state index contributed by atoms with van der Waals surface area (Å²) < 4.78 is 15.4. The predicted molar refractivity (Wildman–Crippen MR) is 38.9 cm³/mol. The van der Waals surface area contributed by atoms with Crippen molar-refractivity contribution in [3.8, 4) is 0 Å². The molecule has 60 valence electrons. The van der Waals surface area contributed by atoms with Crippen LogP contribution in [-0.2, 0) is 20.3 Å². The molecule has 2 N–H and O–H groups in total. The Morgan fingerprint density at radius 1 is 1.70 bits per heavy atom. The number of amides is 1. The molecule has 0 aromatic heterocycles. The molecule has 0 radical (unpaired) electrons. The smallest absolute Gasteiger partial charge is 0.230 e. The lowest BCUT2D eigenvalue weighted by atomic mass is 10.8. The monoisotopic (exact) mass is 165 g/mol. The van der Waals surface area contributed by atoms with E-state index in [0.29, 0.717) is 12.4 Å². The van der Waals surface area contributed by atoms with Gasteiger partial charge in [0.1, 0.15) is 5.75 Å². The first-order valence-electron chi connectivity index (χ1n) is 2.79. The Labute approximate surface area is 62.2 Å². The maximum absolute atomic E-state index is 10.7. The van der Waals surface area contributed by atoms with Gasteiger partial charge in [0.25, 0.3) is 0 Å². The predicted octanol–water partition coefficient (Wildman–Crippen LogP) is -1.13. The molecule has 0 aromatic rings. The summed E-state index contributed by atoms with van der Waals surface area (Å²) in [7, 11) is 0.366. The molecular formula is C5H11NO3S. The zero-order valence-electron chi connectivity index (χ0n) is 5.83. The molecule has 0 saturated carbocycles. The van der Waals surface area contributed by atoms with E-state index >= 15 is 0 Å². The summed E-state index contributed by atoms with van der Waals surface area (Å²) in [5.74, 6) is -0.225. The molecule has 1 atom stereocenters. The fourth-order valence-corrected chi connectivity index (χ4v) is 1.22. The molecule has 0 heterocycles. The van der Waals surface area contributed by atoms with Crippen LogP contribution < -0.4 is 5.73 Å². The van der Waals surface area contributed by atoms with Crippen molar-refractivity contribution in [2.24, 2.45) is 5.73 Å². The lowest BCUT2D eigenvalue weighted by molar-refractivity contribution is -0.115. The summed E-state index contributed by atoms with van der Waals surface area (Å²) in [6.45, 7) is 0.403. The summed E-state index contributed by atoms with van der Waals surface area (Å²) in [4.78, 5) is 10.2. The molecular weight excluding hydrogens is 154 g/mol. The minimum absolute atomic E-state index is 0.0661. The molecule has 0 rings (SSSR count). The van der Waals surface area contributed by atoms with Crippen LogP contribution in [0.4, 0.5) is 0 Å². The molecule has 0 aromatic carbocycles. The van der Waals surface area contributed by atoms with Gasteiger partial charge in [0.2, 0.25) is 5.91 Å². The number of rotatable bonds is 5. The normalized spacial score (nSPS) is 12.9. The van der Waals surface area contributed by atoms with Crippen LogP contribution in [0.2, 0.25) is 0 Å². The van der Waals surface area contributed by atoms with Crippen molar-refractivity contribution >= 4 is 16.7 Å². The molecule has 5 heteroatoms. The van der Waals surface area contributed by atoms with E-state index in [1.807, 2.05) is 0 Å². The van der Waals surface area contributed by atoms with Gasteiger partial charge in [0.05, 0.1) is 6.61 Å². The quantitative estimate of drug-likeness (QED) is 0.560. The highest BCUT2D eigenvalue weighted by molar-refractivity contribution is 7.85. The van der Waals surface area contributed by atoms with Crippen molar-refractivity contribution in [1.29, 1.82) is 0 Å². The molecule has 0 bridgehead atoms. The highest BCUT2D eigenvalue weighted by Crippen LogP contribution is 1.81. The third-order valence-corrected chi connectivity index (χ3v) is 2.05. The Balaban J connectivity index is 3.35. The Hall–Kier alpha value is -0.420. The Morgan fingerprint density at radius 3 is 2.70 bits per heavy atom. The maximum atomic E-state index is 10.7. The number of carbonyl (C=O) groups excluding carboxylic acids is 1. The standard InChI is InChI=1S/C5H11NO3S/c1-9-2-3-10(8)4-5(6)7/h2-4H2,1H3,(H2,6,7). The molecule has 0 spiro atoms. The van der Waals surface area contributed by atoms with Gasteiger partial charge in [-0.2, -0.15) is 0 Å². The number of nitrogens with two attached hydrogens (primary N) is 1. The number of carbonyl (C=O) groups is 1. The highest BCUT2D eigenvalue weighted by atomic mass is 32.2. The Bertz CT molecular complexity index is 137. The lowest BCUT2D eigenvalue weighted by Gasteiger charge is -1.96. The van der Waals surface area contributed by atoms with E-state index in [-0.39, 0.29) is 5.75 Å². The van der Waals surface area contributed by atoms with E-state index in [9.17, 15) is 9.00 Å². The van der Waals surface area contributed by atoms with Gasteiger partial charge >= 0.3 is 0 Å². The first-order valence-corrected chi connectivity index (χ1v) is 4.28. The minimum atomic E-state index is -1.15. The zero-order valence-corrected chi connectivity index (χ0v) is 6.65. The van der Waals surface area contributed by atoms with Gasteiger partial charge < -0.3 is 10.5 Å². The number of primary amides is 1. The molecule has 1 amide bonds. The summed E-state index contributed by atoms with van der Waals surface area (Å²) >= 11 is 0. The second kappa shape index (κ2) is 5.37. The molecule has 10 heavy (non-hydrogen) atoms. The number of ether oxygens (including phenoxy) is 1. The van der Waals surface area contributed by atoms with Crippen LogP contribution in [0.25, 0.3) is 0 Å². The van der Waals surface area contributed by atoms with E-state index in [0.717, 1.165) is 0 Å². The third-order valence-electron chi connectivity index (χ3n) is 0.818. The van der Waals surface area contributed by atoms with Crippen LogP contribution in [0, 0.1) is 0 Å². The topological polar surface area (TPSA) is 69.4 Å². The zero-order chi connectivity index (χ0) is 7.98. The fourth-order valence-electron chi connectivity index (χ4n) is 0.407. The van der Waals surface area contributed by atoms with Crippen molar-refractivity contribution in [3.63, 3.8) is 0 Å². The first-order chi connectivity index (χ1) is 4.66. The second-order valence-corrected chi connectivity index (χ2v) is 3.32. The average molecular weight is 165 g/mol. The van der Waals surface area contributed by atoms with E-state index < -0.39 is 16.7 Å². The van der Waals surface area contributed by atoms with Crippen molar-refractivity contribution in [2.75, 3.05) is 25.2 Å².